The zero-order valence-corrected chi connectivity index (χ0v) is 7.60. The Labute approximate surface area is 81.7 Å². The van der Waals surface area contributed by atoms with Crippen molar-refractivity contribution in [3.8, 4) is 0 Å². The lowest BCUT2D eigenvalue weighted by atomic mass is 10.0. The van der Waals surface area contributed by atoms with Crippen LogP contribution >= 0.6 is 0 Å². The summed E-state index contributed by atoms with van der Waals surface area (Å²) < 4.78 is 4.89. The van der Waals surface area contributed by atoms with Crippen molar-refractivity contribution in [1.82, 2.24) is 0 Å². The van der Waals surface area contributed by atoms with E-state index < -0.39 is 6.10 Å². The number of hydrogen-bond acceptors (Lipinski definition) is 3. The highest BCUT2D eigenvalue weighted by atomic mass is 16.6. The Bertz CT molecular complexity index is 356. The second-order valence-corrected chi connectivity index (χ2v) is 3.25. The number of carbonyl (C=O) groups is 2. The van der Waals surface area contributed by atoms with E-state index in [1.165, 1.54) is 0 Å². The van der Waals surface area contributed by atoms with Crippen molar-refractivity contribution < 1.29 is 14.3 Å². The molecule has 0 amide bonds. The van der Waals surface area contributed by atoms with Gasteiger partial charge in [-0.25, -0.2) is 0 Å². The molecule has 3 heteroatoms. The van der Waals surface area contributed by atoms with Crippen molar-refractivity contribution in [2.24, 2.45) is 0 Å². The number of esters is 1. The van der Waals surface area contributed by atoms with Gasteiger partial charge in [0.2, 0.25) is 5.78 Å². The standard InChI is InChI=1S/C11H10O3/c12-10-7-6-9(14-10)11(13)8-4-2-1-3-5-8/h1-5,9H,6-7H2/t9-/m0/s1. The molecule has 1 atom stereocenters. The topological polar surface area (TPSA) is 43.4 Å². The minimum atomic E-state index is -0.565. The zero-order chi connectivity index (χ0) is 9.97. The van der Waals surface area contributed by atoms with Crippen molar-refractivity contribution in [3.05, 3.63) is 35.9 Å². The monoisotopic (exact) mass is 190 g/mol. The summed E-state index contributed by atoms with van der Waals surface area (Å²) in [5, 5.41) is 0. The van der Waals surface area contributed by atoms with E-state index in [-0.39, 0.29) is 11.8 Å². The van der Waals surface area contributed by atoms with Gasteiger partial charge in [0.15, 0.2) is 6.10 Å². The number of Topliss-reactive ketones (excluding diaryl/α,β-unsaturated/α-hetero) is 1. The summed E-state index contributed by atoms with van der Waals surface area (Å²) in [5.74, 6) is -0.379. The lowest BCUT2D eigenvalue weighted by Gasteiger charge is -2.06. The Balaban J connectivity index is 2.13. The minimum Gasteiger partial charge on any atom is -0.454 e. The molecule has 0 spiro atoms. The highest BCUT2D eigenvalue weighted by molar-refractivity contribution is 6.01. The van der Waals surface area contributed by atoms with Gasteiger partial charge < -0.3 is 4.74 Å². The molecule has 1 aliphatic rings. The van der Waals surface area contributed by atoms with E-state index in [2.05, 4.69) is 0 Å². The Morgan fingerprint density at radius 2 is 2.00 bits per heavy atom. The van der Waals surface area contributed by atoms with Crippen LogP contribution in [0.1, 0.15) is 23.2 Å². The molecule has 0 radical (unpaired) electrons. The Morgan fingerprint density at radius 3 is 2.57 bits per heavy atom. The second kappa shape index (κ2) is 3.62. The number of cyclic esters (lactones) is 1. The van der Waals surface area contributed by atoms with Gasteiger partial charge in [-0.2, -0.15) is 0 Å². The van der Waals surface area contributed by atoms with Gasteiger partial charge in [-0.05, 0) is 0 Å². The van der Waals surface area contributed by atoms with Crippen LogP contribution in [0.5, 0.6) is 0 Å². The molecule has 1 fully saturated rings. The summed E-state index contributed by atoms with van der Waals surface area (Å²) in [4.78, 5) is 22.5. The van der Waals surface area contributed by atoms with Crippen LogP contribution in [0.2, 0.25) is 0 Å². The largest absolute Gasteiger partial charge is 0.454 e. The van der Waals surface area contributed by atoms with E-state index in [4.69, 9.17) is 4.74 Å². The SMILES string of the molecule is O=C1CC[C@@H](C(=O)c2ccccc2)O1. The maximum Gasteiger partial charge on any atom is 0.306 e. The van der Waals surface area contributed by atoms with Gasteiger partial charge >= 0.3 is 5.97 Å². The van der Waals surface area contributed by atoms with Crippen molar-refractivity contribution in [3.63, 3.8) is 0 Å². The van der Waals surface area contributed by atoms with E-state index in [0.717, 1.165) is 0 Å². The molecule has 3 nitrogen and oxygen atoms in total. The second-order valence-electron chi connectivity index (χ2n) is 3.25. The van der Waals surface area contributed by atoms with E-state index in [9.17, 15) is 9.59 Å². The van der Waals surface area contributed by atoms with Gasteiger partial charge in [0.1, 0.15) is 0 Å². The van der Waals surface area contributed by atoms with Gasteiger partial charge in [0, 0.05) is 18.4 Å². The summed E-state index contributed by atoms with van der Waals surface area (Å²) >= 11 is 0. The molecule has 72 valence electrons. The van der Waals surface area contributed by atoms with Gasteiger partial charge in [-0.3, -0.25) is 9.59 Å². The molecule has 0 unspecified atom stereocenters. The van der Waals surface area contributed by atoms with E-state index in [0.29, 0.717) is 18.4 Å². The maximum atomic E-state index is 11.7. The molecular formula is C11H10O3. The quantitative estimate of drug-likeness (QED) is 0.525. The van der Waals surface area contributed by atoms with Gasteiger partial charge in [-0.15, -0.1) is 0 Å². The summed E-state index contributed by atoms with van der Waals surface area (Å²) in [7, 11) is 0. The number of rotatable bonds is 2. The Hall–Kier alpha value is -1.64. The first-order chi connectivity index (χ1) is 6.77. The van der Waals surface area contributed by atoms with Crippen molar-refractivity contribution >= 4 is 11.8 Å². The molecule has 1 aromatic carbocycles. The Kier molecular flexibility index (Phi) is 2.31. The molecule has 0 aromatic heterocycles. The third kappa shape index (κ3) is 1.66. The predicted molar refractivity (Wildman–Crippen MR) is 49.9 cm³/mol. The molecule has 0 N–H and O–H groups in total. The summed E-state index contributed by atoms with van der Waals surface area (Å²) in [5.41, 5.74) is 0.604. The van der Waals surface area contributed by atoms with Crippen molar-refractivity contribution in [2.45, 2.75) is 18.9 Å². The normalized spacial score (nSPS) is 20.6. The lowest BCUT2D eigenvalue weighted by Crippen LogP contribution is -2.20. The Morgan fingerprint density at radius 1 is 1.29 bits per heavy atom. The number of ketones is 1. The van der Waals surface area contributed by atoms with Gasteiger partial charge in [0.05, 0.1) is 0 Å². The molecule has 1 heterocycles. The highest BCUT2D eigenvalue weighted by Gasteiger charge is 2.30. The first kappa shape index (κ1) is 8.94. The van der Waals surface area contributed by atoms with Crippen LogP contribution in [0.15, 0.2) is 30.3 Å². The molecule has 2 rings (SSSR count). The maximum absolute atomic E-state index is 11.7. The zero-order valence-electron chi connectivity index (χ0n) is 7.60. The smallest absolute Gasteiger partial charge is 0.306 e. The average molecular weight is 190 g/mol. The number of carbonyl (C=O) groups excluding carboxylic acids is 2. The van der Waals surface area contributed by atoms with Crippen LogP contribution in [0.3, 0.4) is 0 Å². The van der Waals surface area contributed by atoms with Crippen molar-refractivity contribution in [2.75, 3.05) is 0 Å². The van der Waals surface area contributed by atoms with Crippen LogP contribution in [0.25, 0.3) is 0 Å². The third-order valence-electron chi connectivity index (χ3n) is 2.24. The van der Waals surface area contributed by atoms with Crippen LogP contribution in [0.4, 0.5) is 0 Å². The van der Waals surface area contributed by atoms with E-state index in [1.807, 2.05) is 6.07 Å². The fourth-order valence-corrected chi connectivity index (χ4v) is 1.50. The molecule has 0 saturated carbocycles. The molecule has 1 saturated heterocycles. The molecule has 14 heavy (non-hydrogen) atoms. The van der Waals surface area contributed by atoms with Gasteiger partial charge in [-0.1, -0.05) is 30.3 Å². The molecule has 1 aromatic rings. The fraction of sp³-hybridized carbons (Fsp3) is 0.273. The first-order valence-electron chi connectivity index (χ1n) is 4.56. The average Bonchev–Trinajstić information content (AvgIpc) is 2.65. The first-order valence-corrected chi connectivity index (χ1v) is 4.56. The van der Waals surface area contributed by atoms with Crippen LogP contribution < -0.4 is 0 Å². The summed E-state index contributed by atoms with van der Waals surface area (Å²) in [6, 6.07) is 8.90. The van der Waals surface area contributed by atoms with Crippen LogP contribution in [-0.2, 0) is 9.53 Å². The minimum absolute atomic E-state index is 0.101. The molecule has 0 bridgehead atoms. The molecule has 1 aliphatic heterocycles. The van der Waals surface area contributed by atoms with Gasteiger partial charge in [0.25, 0.3) is 0 Å². The number of ether oxygens (including phenoxy) is 1. The number of benzene rings is 1. The van der Waals surface area contributed by atoms with E-state index in [1.54, 1.807) is 24.3 Å². The van der Waals surface area contributed by atoms with Crippen LogP contribution in [-0.4, -0.2) is 17.9 Å². The summed E-state index contributed by atoms with van der Waals surface area (Å²) in [6.45, 7) is 0. The third-order valence-corrected chi connectivity index (χ3v) is 2.24. The van der Waals surface area contributed by atoms with Crippen LogP contribution in [0, 0.1) is 0 Å². The summed E-state index contributed by atoms with van der Waals surface area (Å²) in [6.07, 6.45) is 0.292. The fourth-order valence-electron chi connectivity index (χ4n) is 1.50. The number of hydrogen-bond donors (Lipinski definition) is 0. The van der Waals surface area contributed by atoms with Crippen molar-refractivity contribution in [1.29, 1.82) is 0 Å². The molecular weight excluding hydrogens is 180 g/mol. The molecule has 0 aliphatic carbocycles. The lowest BCUT2D eigenvalue weighted by molar-refractivity contribution is -0.140. The van der Waals surface area contributed by atoms with E-state index >= 15 is 0 Å². The predicted octanol–water partition coefficient (Wildman–Crippen LogP) is 1.57. The highest BCUT2D eigenvalue weighted by Crippen LogP contribution is 2.18.